The molecule has 154 valence electrons. The summed E-state index contributed by atoms with van der Waals surface area (Å²) in [5, 5.41) is 15.5. The van der Waals surface area contributed by atoms with E-state index in [1.807, 2.05) is 38.1 Å². The standard InChI is InChI=1S/C24H26N4O2/c1-16-11-17(2)24(18(3)12-16)30-21-13-22(26-9-10-29-4)28-23(14-21)27-20-7-5-19(15-25)6-8-20/h5-8,11-14H,9-10H2,1-4H3,(H2,26,27,28). The number of nitrogens with one attached hydrogen (secondary N) is 2. The number of nitrogens with zero attached hydrogens (tertiary/aromatic N) is 2. The third-order valence-electron chi connectivity index (χ3n) is 4.52. The molecule has 3 aromatic rings. The largest absolute Gasteiger partial charge is 0.457 e. The van der Waals surface area contributed by atoms with Gasteiger partial charge in [-0.05, 0) is 56.2 Å². The van der Waals surface area contributed by atoms with Gasteiger partial charge in [-0.3, -0.25) is 0 Å². The molecule has 0 atom stereocenters. The average molecular weight is 402 g/mol. The van der Waals surface area contributed by atoms with Crippen LogP contribution in [0.25, 0.3) is 0 Å². The number of ether oxygens (including phenoxy) is 2. The number of aromatic nitrogens is 1. The first-order chi connectivity index (χ1) is 14.5. The van der Waals surface area contributed by atoms with Crippen LogP contribution >= 0.6 is 0 Å². The van der Waals surface area contributed by atoms with Crippen LogP contribution in [0.15, 0.2) is 48.5 Å². The zero-order valence-corrected chi connectivity index (χ0v) is 17.7. The van der Waals surface area contributed by atoms with Crippen LogP contribution < -0.4 is 15.4 Å². The Hall–Kier alpha value is -3.56. The Morgan fingerprint density at radius 2 is 1.63 bits per heavy atom. The molecular formula is C24H26N4O2. The second-order valence-electron chi connectivity index (χ2n) is 7.14. The van der Waals surface area contributed by atoms with Gasteiger partial charge in [-0.25, -0.2) is 4.98 Å². The number of methoxy groups -OCH3 is 1. The highest BCUT2D eigenvalue weighted by Crippen LogP contribution is 2.32. The Morgan fingerprint density at radius 1 is 0.967 bits per heavy atom. The molecule has 3 rings (SSSR count). The molecule has 0 unspecified atom stereocenters. The summed E-state index contributed by atoms with van der Waals surface area (Å²) in [6.07, 6.45) is 0. The minimum absolute atomic E-state index is 0.571. The van der Waals surface area contributed by atoms with Gasteiger partial charge < -0.3 is 20.1 Å². The van der Waals surface area contributed by atoms with Crippen LogP contribution in [0.3, 0.4) is 0 Å². The molecule has 0 fully saturated rings. The fourth-order valence-electron chi connectivity index (χ4n) is 3.22. The number of aryl methyl sites for hydroxylation is 3. The van der Waals surface area contributed by atoms with Crippen LogP contribution in [-0.4, -0.2) is 25.2 Å². The summed E-state index contributed by atoms with van der Waals surface area (Å²) >= 11 is 0. The molecule has 1 aromatic heterocycles. The molecule has 0 aliphatic rings. The van der Waals surface area contributed by atoms with Crippen LogP contribution in [0.4, 0.5) is 17.3 Å². The number of rotatable bonds is 8. The quantitative estimate of drug-likeness (QED) is 0.486. The van der Waals surface area contributed by atoms with E-state index in [2.05, 4.69) is 40.7 Å². The first-order valence-electron chi connectivity index (χ1n) is 9.76. The first-order valence-corrected chi connectivity index (χ1v) is 9.76. The fraction of sp³-hybridized carbons (Fsp3) is 0.250. The molecule has 0 saturated carbocycles. The van der Waals surface area contributed by atoms with E-state index < -0.39 is 0 Å². The van der Waals surface area contributed by atoms with Gasteiger partial charge in [0, 0.05) is 31.5 Å². The average Bonchev–Trinajstić information content (AvgIpc) is 2.71. The van der Waals surface area contributed by atoms with Crippen LogP contribution in [0.2, 0.25) is 0 Å². The minimum atomic E-state index is 0.571. The molecule has 0 radical (unpaired) electrons. The van der Waals surface area contributed by atoms with E-state index in [-0.39, 0.29) is 0 Å². The van der Waals surface area contributed by atoms with Gasteiger partial charge >= 0.3 is 0 Å². The topological polar surface area (TPSA) is 79.2 Å². The molecule has 6 heteroatoms. The van der Waals surface area contributed by atoms with Crippen molar-refractivity contribution >= 4 is 17.3 Å². The van der Waals surface area contributed by atoms with E-state index in [1.54, 1.807) is 19.2 Å². The van der Waals surface area contributed by atoms with Gasteiger partial charge in [-0.15, -0.1) is 0 Å². The van der Waals surface area contributed by atoms with Crippen molar-refractivity contribution in [3.63, 3.8) is 0 Å². The SMILES string of the molecule is COCCNc1cc(Oc2c(C)cc(C)cc2C)cc(Nc2ccc(C#N)cc2)n1. The zero-order valence-electron chi connectivity index (χ0n) is 17.7. The van der Waals surface area contributed by atoms with Crippen molar-refractivity contribution in [2.75, 3.05) is 30.9 Å². The molecule has 6 nitrogen and oxygen atoms in total. The van der Waals surface area contributed by atoms with Gasteiger partial charge in [0.25, 0.3) is 0 Å². The zero-order chi connectivity index (χ0) is 21.5. The lowest BCUT2D eigenvalue weighted by Gasteiger charge is -2.16. The second-order valence-corrected chi connectivity index (χ2v) is 7.14. The maximum atomic E-state index is 8.98. The maximum absolute atomic E-state index is 8.98. The summed E-state index contributed by atoms with van der Waals surface area (Å²) in [5.74, 6) is 2.85. The van der Waals surface area contributed by atoms with Crippen LogP contribution in [0.1, 0.15) is 22.3 Å². The first kappa shape index (κ1) is 21.2. The molecule has 0 aliphatic carbocycles. The van der Waals surface area contributed by atoms with Crippen molar-refractivity contribution in [2.24, 2.45) is 0 Å². The second kappa shape index (κ2) is 9.77. The molecule has 0 spiro atoms. The summed E-state index contributed by atoms with van der Waals surface area (Å²) in [4.78, 5) is 4.62. The smallest absolute Gasteiger partial charge is 0.136 e. The molecule has 0 amide bonds. The van der Waals surface area contributed by atoms with Gasteiger partial charge in [-0.1, -0.05) is 17.7 Å². The van der Waals surface area contributed by atoms with Crippen molar-refractivity contribution in [2.45, 2.75) is 20.8 Å². The Labute approximate surface area is 177 Å². The molecule has 30 heavy (non-hydrogen) atoms. The highest BCUT2D eigenvalue weighted by molar-refractivity contribution is 5.62. The summed E-state index contributed by atoms with van der Waals surface area (Å²) < 4.78 is 11.4. The third kappa shape index (κ3) is 5.49. The summed E-state index contributed by atoms with van der Waals surface area (Å²) in [6, 6.07) is 17.3. The molecular weight excluding hydrogens is 376 g/mol. The van der Waals surface area contributed by atoms with Gasteiger partial charge in [0.1, 0.15) is 23.1 Å². The molecule has 2 aromatic carbocycles. The summed E-state index contributed by atoms with van der Waals surface area (Å²) in [5.41, 5.74) is 4.82. The normalized spacial score (nSPS) is 10.4. The third-order valence-corrected chi connectivity index (χ3v) is 4.52. The number of pyridine rings is 1. The van der Waals surface area contributed by atoms with E-state index in [0.717, 1.165) is 22.6 Å². The Kier molecular flexibility index (Phi) is 6.89. The van der Waals surface area contributed by atoms with Gasteiger partial charge in [0.15, 0.2) is 0 Å². The van der Waals surface area contributed by atoms with Crippen LogP contribution in [0.5, 0.6) is 11.5 Å². The molecule has 1 heterocycles. The van der Waals surface area contributed by atoms with E-state index in [0.29, 0.717) is 36.1 Å². The highest BCUT2D eigenvalue weighted by Gasteiger charge is 2.10. The Bertz CT molecular complexity index is 1030. The fourth-order valence-corrected chi connectivity index (χ4v) is 3.22. The van der Waals surface area contributed by atoms with E-state index in [1.165, 1.54) is 5.56 Å². The lowest BCUT2D eigenvalue weighted by atomic mass is 10.1. The van der Waals surface area contributed by atoms with Crippen LogP contribution in [-0.2, 0) is 4.74 Å². The summed E-state index contributed by atoms with van der Waals surface area (Å²) in [7, 11) is 1.66. The number of hydrogen-bond donors (Lipinski definition) is 2. The highest BCUT2D eigenvalue weighted by atomic mass is 16.5. The number of nitriles is 1. The number of anilines is 3. The monoisotopic (exact) mass is 402 g/mol. The van der Waals surface area contributed by atoms with Crippen molar-refractivity contribution in [3.8, 4) is 17.6 Å². The van der Waals surface area contributed by atoms with E-state index in [4.69, 9.17) is 14.7 Å². The maximum Gasteiger partial charge on any atom is 0.136 e. The molecule has 0 aliphatic heterocycles. The number of benzene rings is 2. The Morgan fingerprint density at radius 3 is 2.27 bits per heavy atom. The summed E-state index contributed by atoms with van der Waals surface area (Å²) in [6.45, 7) is 7.37. The molecule has 2 N–H and O–H groups in total. The molecule has 0 bridgehead atoms. The molecule has 0 saturated heterocycles. The van der Waals surface area contributed by atoms with Crippen molar-refractivity contribution in [1.29, 1.82) is 5.26 Å². The van der Waals surface area contributed by atoms with Crippen molar-refractivity contribution in [3.05, 3.63) is 70.8 Å². The predicted octanol–water partition coefficient (Wildman–Crippen LogP) is 5.47. The van der Waals surface area contributed by atoms with Gasteiger partial charge in [0.2, 0.25) is 0 Å². The van der Waals surface area contributed by atoms with Crippen molar-refractivity contribution in [1.82, 2.24) is 4.98 Å². The van der Waals surface area contributed by atoms with E-state index in [9.17, 15) is 0 Å². The van der Waals surface area contributed by atoms with Gasteiger partial charge in [-0.2, -0.15) is 5.26 Å². The lowest BCUT2D eigenvalue weighted by molar-refractivity contribution is 0.210. The van der Waals surface area contributed by atoms with Gasteiger partial charge in [0.05, 0.1) is 18.2 Å². The van der Waals surface area contributed by atoms with Crippen LogP contribution in [0, 0.1) is 32.1 Å². The minimum Gasteiger partial charge on any atom is -0.457 e. The lowest BCUT2D eigenvalue weighted by Crippen LogP contribution is -2.09. The van der Waals surface area contributed by atoms with Crippen molar-refractivity contribution < 1.29 is 9.47 Å². The van der Waals surface area contributed by atoms with E-state index >= 15 is 0 Å². The number of hydrogen-bond acceptors (Lipinski definition) is 6. The Balaban J connectivity index is 1.90. The predicted molar refractivity (Wildman–Crippen MR) is 120 cm³/mol.